The van der Waals surface area contributed by atoms with Gasteiger partial charge in [-0.1, -0.05) is 71.7 Å². The summed E-state index contributed by atoms with van der Waals surface area (Å²) in [5.41, 5.74) is 2.55. The SMILES string of the molecule is Cc1cc(OCC(=O)N(Cc2ccccc2Cl)C(Cc2ccccc2)C(=O)NC(C)C)ccc1Cl. The maximum absolute atomic E-state index is 13.6. The molecule has 0 aromatic heterocycles. The molecule has 1 unspecified atom stereocenters. The van der Waals surface area contributed by atoms with Crippen LogP contribution in [0, 0.1) is 6.92 Å². The smallest absolute Gasteiger partial charge is 0.261 e. The number of benzene rings is 3. The zero-order valence-corrected chi connectivity index (χ0v) is 21.6. The molecule has 0 fully saturated rings. The van der Waals surface area contributed by atoms with Crippen LogP contribution in [0.1, 0.15) is 30.5 Å². The molecular formula is C28H30Cl2N2O3. The third-order valence-corrected chi connectivity index (χ3v) is 6.29. The average Bonchev–Trinajstić information content (AvgIpc) is 2.83. The van der Waals surface area contributed by atoms with Gasteiger partial charge in [0.1, 0.15) is 11.8 Å². The first-order valence-corrected chi connectivity index (χ1v) is 12.3. The van der Waals surface area contributed by atoms with Crippen LogP contribution in [-0.4, -0.2) is 35.4 Å². The fourth-order valence-electron chi connectivity index (χ4n) is 3.68. The van der Waals surface area contributed by atoms with Gasteiger partial charge in [0.15, 0.2) is 6.61 Å². The summed E-state index contributed by atoms with van der Waals surface area (Å²) >= 11 is 12.5. The topological polar surface area (TPSA) is 58.6 Å². The number of carbonyl (C=O) groups is 2. The van der Waals surface area contributed by atoms with E-state index >= 15 is 0 Å². The summed E-state index contributed by atoms with van der Waals surface area (Å²) in [5, 5.41) is 4.12. The molecule has 0 aliphatic rings. The zero-order chi connectivity index (χ0) is 25.4. The van der Waals surface area contributed by atoms with Gasteiger partial charge in [-0.3, -0.25) is 9.59 Å². The molecule has 0 bridgehead atoms. The van der Waals surface area contributed by atoms with Gasteiger partial charge in [0.05, 0.1) is 0 Å². The van der Waals surface area contributed by atoms with E-state index < -0.39 is 6.04 Å². The lowest BCUT2D eigenvalue weighted by Crippen LogP contribution is -2.52. The van der Waals surface area contributed by atoms with Crippen LogP contribution in [-0.2, 0) is 22.6 Å². The van der Waals surface area contributed by atoms with Crippen molar-refractivity contribution < 1.29 is 14.3 Å². The fourth-order valence-corrected chi connectivity index (χ4v) is 3.99. The molecule has 0 heterocycles. The molecule has 3 aromatic rings. The summed E-state index contributed by atoms with van der Waals surface area (Å²) in [6.45, 7) is 5.59. The summed E-state index contributed by atoms with van der Waals surface area (Å²) in [5.74, 6) is -0.0202. The van der Waals surface area contributed by atoms with Crippen LogP contribution in [0.4, 0.5) is 0 Å². The average molecular weight is 513 g/mol. The van der Waals surface area contributed by atoms with E-state index in [1.165, 1.54) is 0 Å². The number of nitrogens with zero attached hydrogens (tertiary/aromatic N) is 1. The van der Waals surface area contributed by atoms with Crippen molar-refractivity contribution in [1.29, 1.82) is 0 Å². The Morgan fingerprint density at radius 2 is 1.63 bits per heavy atom. The van der Waals surface area contributed by atoms with E-state index in [1.807, 2.05) is 69.3 Å². The Morgan fingerprint density at radius 3 is 2.29 bits per heavy atom. The minimum Gasteiger partial charge on any atom is -0.484 e. The quantitative estimate of drug-likeness (QED) is 0.370. The van der Waals surface area contributed by atoms with E-state index in [9.17, 15) is 9.59 Å². The minimum absolute atomic E-state index is 0.0775. The molecule has 7 heteroatoms. The first kappa shape index (κ1) is 26.6. The molecule has 1 atom stereocenters. The third kappa shape index (κ3) is 7.74. The highest BCUT2D eigenvalue weighted by molar-refractivity contribution is 6.31. The molecule has 0 aliphatic carbocycles. The highest BCUT2D eigenvalue weighted by Gasteiger charge is 2.31. The van der Waals surface area contributed by atoms with Crippen molar-refractivity contribution >= 4 is 35.0 Å². The van der Waals surface area contributed by atoms with Gasteiger partial charge in [-0.05, 0) is 61.7 Å². The summed E-state index contributed by atoms with van der Waals surface area (Å²) < 4.78 is 5.80. The first-order chi connectivity index (χ1) is 16.7. The predicted octanol–water partition coefficient (Wildman–Crippen LogP) is 5.85. The van der Waals surface area contributed by atoms with Crippen LogP contribution < -0.4 is 10.1 Å². The molecule has 3 rings (SSSR count). The second kappa shape index (κ2) is 12.6. The molecule has 1 N–H and O–H groups in total. The number of halogens is 2. The largest absolute Gasteiger partial charge is 0.484 e. The molecule has 0 saturated carbocycles. The Kier molecular flexibility index (Phi) is 9.58. The van der Waals surface area contributed by atoms with Crippen molar-refractivity contribution in [3.63, 3.8) is 0 Å². The molecule has 5 nitrogen and oxygen atoms in total. The van der Waals surface area contributed by atoms with Crippen LogP contribution in [0.15, 0.2) is 72.8 Å². The maximum Gasteiger partial charge on any atom is 0.261 e. The number of amides is 2. The van der Waals surface area contributed by atoms with Gasteiger partial charge in [0.25, 0.3) is 5.91 Å². The molecule has 184 valence electrons. The Morgan fingerprint density at radius 1 is 0.943 bits per heavy atom. The monoisotopic (exact) mass is 512 g/mol. The molecule has 0 radical (unpaired) electrons. The molecule has 3 aromatic carbocycles. The Hall–Kier alpha value is -3.02. The number of nitrogens with one attached hydrogen (secondary N) is 1. The number of rotatable bonds is 10. The predicted molar refractivity (Wildman–Crippen MR) is 141 cm³/mol. The Bertz CT molecular complexity index is 1150. The molecule has 0 saturated heterocycles. The molecule has 35 heavy (non-hydrogen) atoms. The third-order valence-electron chi connectivity index (χ3n) is 5.49. The van der Waals surface area contributed by atoms with Gasteiger partial charge in [-0.2, -0.15) is 0 Å². The zero-order valence-electron chi connectivity index (χ0n) is 20.1. The normalized spacial score (nSPS) is 11.7. The van der Waals surface area contributed by atoms with Crippen molar-refractivity contribution in [2.75, 3.05) is 6.61 Å². The van der Waals surface area contributed by atoms with E-state index in [4.69, 9.17) is 27.9 Å². The van der Waals surface area contributed by atoms with Gasteiger partial charge >= 0.3 is 0 Å². The van der Waals surface area contributed by atoms with Gasteiger partial charge in [-0.25, -0.2) is 0 Å². The second-order valence-corrected chi connectivity index (χ2v) is 9.50. The number of aryl methyl sites for hydroxylation is 1. The maximum atomic E-state index is 13.6. The van der Waals surface area contributed by atoms with Crippen LogP contribution in [0.5, 0.6) is 5.75 Å². The number of hydrogen-bond acceptors (Lipinski definition) is 3. The first-order valence-electron chi connectivity index (χ1n) is 11.5. The molecular weight excluding hydrogens is 483 g/mol. The van der Waals surface area contributed by atoms with E-state index in [0.29, 0.717) is 22.2 Å². The Labute approximate surface area is 217 Å². The number of ether oxygens (including phenoxy) is 1. The van der Waals surface area contributed by atoms with Gasteiger partial charge in [0.2, 0.25) is 5.91 Å². The van der Waals surface area contributed by atoms with Crippen LogP contribution >= 0.6 is 23.2 Å². The van der Waals surface area contributed by atoms with Crippen LogP contribution in [0.3, 0.4) is 0 Å². The highest BCUT2D eigenvalue weighted by Crippen LogP contribution is 2.23. The summed E-state index contributed by atoms with van der Waals surface area (Å²) in [6.07, 6.45) is 0.357. The fraction of sp³-hybridized carbons (Fsp3) is 0.286. The van der Waals surface area contributed by atoms with Gasteiger partial charge < -0.3 is 15.0 Å². The summed E-state index contributed by atoms with van der Waals surface area (Å²) in [7, 11) is 0. The van der Waals surface area contributed by atoms with E-state index in [1.54, 1.807) is 29.2 Å². The number of carbonyl (C=O) groups excluding carboxylic acids is 2. The molecule has 0 spiro atoms. The second-order valence-electron chi connectivity index (χ2n) is 8.68. The van der Waals surface area contributed by atoms with E-state index in [2.05, 4.69) is 5.32 Å². The lowest BCUT2D eigenvalue weighted by atomic mass is 10.0. The summed E-state index contributed by atoms with van der Waals surface area (Å²) in [6, 6.07) is 21.3. The van der Waals surface area contributed by atoms with Crippen molar-refractivity contribution in [3.05, 3.63) is 99.5 Å². The lowest BCUT2D eigenvalue weighted by molar-refractivity contribution is -0.143. The molecule has 0 aliphatic heterocycles. The standard InChI is InChI=1S/C28H30Cl2N2O3/c1-19(2)31-28(34)26(16-21-9-5-4-6-10-21)32(17-22-11-7-8-12-25(22)30)27(33)18-35-23-13-14-24(29)20(3)15-23/h4-15,19,26H,16-18H2,1-3H3,(H,31,34). The van der Waals surface area contributed by atoms with Gasteiger partial charge in [-0.15, -0.1) is 0 Å². The van der Waals surface area contributed by atoms with E-state index in [-0.39, 0.29) is 31.0 Å². The molecule has 2 amide bonds. The summed E-state index contributed by atoms with van der Waals surface area (Å²) in [4.78, 5) is 28.5. The van der Waals surface area contributed by atoms with Gasteiger partial charge in [0, 0.05) is 29.1 Å². The lowest BCUT2D eigenvalue weighted by Gasteiger charge is -2.32. The van der Waals surface area contributed by atoms with Crippen molar-refractivity contribution in [2.24, 2.45) is 0 Å². The highest BCUT2D eigenvalue weighted by atomic mass is 35.5. The van der Waals surface area contributed by atoms with Crippen molar-refractivity contribution in [2.45, 2.75) is 45.8 Å². The van der Waals surface area contributed by atoms with Crippen molar-refractivity contribution in [3.8, 4) is 5.75 Å². The Balaban J connectivity index is 1.92. The van der Waals surface area contributed by atoms with Crippen LogP contribution in [0.25, 0.3) is 0 Å². The minimum atomic E-state index is -0.751. The van der Waals surface area contributed by atoms with E-state index in [0.717, 1.165) is 16.7 Å². The van der Waals surface area contributed by atoms with Crippen molar-refractivity contribution in [1.82, 2.24) is 10.2 Å². The number of hydrogen-bond donors (Lipinski definition) is 1. The van der Waals surface area contributed by atoms with Crippen LogP contribution in [0.2, 0.25) is 10.0 Å².